The number of anilines is 1. The molecule has 6 nitrogen and oxygen atoms in total. The molecule has 1 atom stereocenters. The summed E-state index contributed by atoms with van der Waals surface area (Å²) in [5.41, 5.74) is 5.05. The molecule has 3 aromatic rings. The summed E-state index contributed by atoms with van der Waals surface area (Å²) in [6.07, 6.45) is -4.45. The van der Waals surface area contributed by atoms with E-state index in [1.807, 2.05) is 12.1 Å². The number of para-hydroxylation sites is 1. The number of nitrogens with zero attached hydrogens (tertiary/aromatic N) is 2. The van der Waals surface area contributed by atoms with E-state index in [4.69, 9.17) is 4.84 Å². The van der Waals surface area contributed by atoms with Gasteiger partial charge in [0.25, 0.3) is 5.91 Å². The molecular weight excluding hydrogens is 455 g/mol. The van der Waals surface area contributed by atoms with Crippen molar-refractivity contribution in [2.45, 2.75) is 38.0 Å². The minimum absolute atomic E-state index is 0.120. The van der Waals surface area contributed by atoms with E-state index in [-0.39, 0.29) is 38.3 Å². The first-order chi connectivity index (χ1) is 15.6. The normalized spacial score (nSPS) is 17.1. The second kappa shape index (κ2) is 9.18. The third-order valence-corrected chi connectivity index (χ3v) is 6.75. The summed E-state index contributed by atoms with van der Waals surface area (Å²) >= 11 is 1.52. The number of carbonyl (C=O) groups is 1. The van der Waals surface area contributed by atoms with Gasteiger partial charge in [0.2, 0.25) is 0 Å². The lowest BCUT2D eigenvalue weighted by atomic mass is 9.83. The van der Waals surface area contributed by atoms with Crippen LogP contribution in [0.2, 0.25) is 0 Å². The molecule has 2 N–H and O–H groups in total. The van der Waals surface area contributed by atoms with Crippen LogP contribution in [0.1, 0.15) is 36.5 Å². The fraction of sp³-hybridized carbons (Fsp3) is 0.391. The van der Waals surface area contributed by atoms with Gasteiger partial charge in [-0.2, -0.15) is 13.2 Å². The number of nitrogens with one attached hydrogen (secondary N) is 1. The van der Waals surface area contributed by atoms with Crippen molar-refractivity contribution in [3.05, 3.63) is 53.5 Å². The van der Waals surface area contributed by atoms with Crippen LogP contribution in [0.4, 0.5) is 18.9 Å². The van der Waals surface area contributed by atoms with Crippen LogP contribution in [0, 0.1) is 5.92 Å². The highest BCUT2D eigenvalue weighted by Crippen LogP contribution is 2.36. The molecule has 0 spiro atoms. The number of fused-ring (bicyclic) bond motifs is 1. The SMILES string of the molecule is CC(CC1(O)CCN(C(=O)c2ccc(NOc3cccc4scnc34)cc2)CC1)C(F)(F)F. The molecule has 176 valence electrons. The lowest BCUT2D eigenvalue weighted by Gasteiger charge is -2.39. The molecule has 2 aromatic carbocycles. The standard InChI is InChI=1S/C23H24F3N3O3S/c1-15(23(24,25)26)13-22(31)9-11-29(12-10-22)21(30)16-5-7-17(8-6-16)28-32-18-3-2-4-19-20(18)27-14-33-19/h2-8,14-15,28,31H,9-13H2,1H3. The zero-order valence-electron chi connectivity index (χ0n) is 17.9. The van der Waals surface area contributed by atoms with Crippen LogP contribution in [0.25, 0.3) is 10.2 Å². The van der Waals surface area contributed by atoms with E-state index in [9.17, 15) is 23.1 Å². The molecule has 4 rings (SSSR count). The fourth-order valence-corrected chi connectivity index (χ4v) is 4.63. The van der Waals surface area contributed by atoms with E-state index < -0.39 is 17.7 Å². The Labute approximate surface area is 193 Å². The van der Waals surface area contributed by atoms with E-state index in [1.165, 1.54) is 11.3 Å². The Balaban J connectivity index is 1.32. The first-order valence-corrected chi connectivity index (χ1v) is 11.5. The minimum Gasteiger partial charge on any atom is -0.390 e. The summed E-state index contributed by atoms with van der Waals surface area (Å²) in [5.74, 6) is -1.22. The number of alkyl halides is 3. The average Bonchev–Trinajstić information content (AvgIpc) is 3.27. The highest BCUT2D eigenvalue weighted by atomic mass is 32.1. The molecule has 1 unspecified atom stereocenters. The number of thiazole rings is 1. The van der Waals surface area contributed by atoms with Gasteiger partial charge in [-0.1, -0.05) is 13.0 Å². The number of halogens is 3. The average molecular weight is 480 g/mol. The van der Waals surface area contributed by atoms with Crippen molar-refractivity contribution in [1.29, 1.82) is 0 Å². The van der Waals surface area contributed by atoms with Crippen LogP contribution in [-0.2, 0) is 0 Å². The highest BCUT2D eigenvalue weighted by Gasteiger charge is 2.43. The van der Waals surface area contributed by atoms with Crippen LogP contribution in [0.15, 0.2) is 48.0 Å². The van der Waals surface area contributed by atoms with Gasteiger partial charge in [0.1, 0.15) is 5.52 Å². The van der Waals surface area contributed by atoms with E-state index in [1.54, 1.807) is 40.7 Å². The molecule has 0 saturated carbocycles. The lowest BCUT2D eigenvalue weighted by molar-refractivity contribution is -0.187. The molecule has 1 amide bonds. The van der Waals surface area contributed by atoms with Gasteiger partial charge in [0.15, 0.2) is 5.75 Å². The van der Waals surface area contributed by atoms with Gasteiger partial charge >= 0.3 is 6.18 Å². The number of piperidine rings is 1. The molecule has 1 aromatic heterocycles. The summed E-state index contributed by atoms with van der Waals surface area (Å²) in [6.45, 7) is 1.49. The van der Waals surface area contributed by atoms with Crippen molar-refractivity contribution in [3.8, 4) is 5.75 Å². The van der Waals surface area contributed by atoms with Crippen molar-refractivity contribution < 1.29 is 27.9 Å². The van der Waals surface area contributed by atoms with Gasteiger partial charge in [-0.15, -0.1) is 11.3 Å². The Bertz CT molecular complexity index is 1110. The molecule has 10 heteroatoms. The molecule has 2 heterocycles. The quantitative estimate of drug-likeness (QED) is 0.472. The minimum atomic E-state index is -4.34. The molecule has 1 aliphatic rings. The van der Waals surface area contributed by atoms with E-state index in [0.717, 1.165) is 17.1 Å². The summed E-state index contributed by atoms with van der Waals surface area (Å²) in [7, 11) is 0. The Morgan fingerprint density at radius 2 is 1.94 bits per heavy atom. The maximum Gasteiger partial charge on any atom is 0.391 e. The van der Waals surface area contributed by atoms with Gasteiger partial charge < -0.3 is 14.8 Å². The van der Waals surface area contributed by atoms with Crippen LogP contribution in [0.3, 0.4) is 0 Å². The molecule has 0 bridgehead atoms. The van der Waals surface area contributed by atoms with Crippen LogP contribution < -0.4 is 10.3 Å². The highest BCUT2D eigenvalue weighted by molar-refractivity contribution is 7.16. The smallest absolute Gasteiger partial charge is 0.390 e. The zero-order valence-corrected chi connectivity index (χ0v) is 18.7. The van der Waals surface area contributed by atoms with Crippen molar-refractivity contribution in [2.75, 3.05) is 18.6 Å². The number of likely N-dealkylation sites (tertiary alicyclic amines) is 1. The summed E-state index contributed by atoms with van der Waals surface area (Å²) in [4.78, 5) is 24.3. The van der Waals surface area contributed by atoms with Crippen molar-refractivity contribution in [1.82, 2.24) is 9.88 Å². The predicted molar refractivity (Wildman–Crippen MR) is 120 cm³/mol. The number of hydrogen-bond donors (Lipinski definition) is 2. The van der Waals surface area contributed by atoms with Gasteiger partial charge in [-0.05, 0) is 55.7 Å². The fourth-order valence-electron chi connectivity index (χ4n) is 3.94. The number of benzene rings is 2. The van der Waals surface area contributed by atoms with Crippen molar-refractivity contribution in [3.63, 3.8) is 0 Å². The number of rotatable bonds is 6. The Morgan fingerprint density at radius 1 is 1.24 bits per heavy atom. The second-order valence-electron chi connectivity index (χ2n) is 8.40. The van der Waals surface area contributed by atoms with E-state index in [0.29, 0.717) is 17.0 Å². The third-order valence-electron chi connectivity index (χ3n) is 5.96. The van der Waals surface area contributed by atoms with Crippen LogP contribution in [-0.4, -0.2) is 45.8 Å². The molecule has 0 radical (unpaired) electrons. The summed E-state index contributed by atoms with van der Waals surface area (Å²) in [5, 5.41) is 10.6. The maximum atomic E-state index is 12.8. The topological polar surface area (TPSA) is 74.7 Å². The second-order valence-corrected chi connectivity index (χ2v) is 9.29. The Hall–Kier alpha value is -2.85. The van der Waals surface area contributed by atoms with E-state index >= 15 is 0 Å². The summed E-state index contributed by atoms with van der Waals surface area (Å²) in [6, 6.07) is 12.4. The van der Waals surface area contributed by atoms with Gasteiger partial charge in [0, 0.05) is 18.7 Å². The number of hydrogen-bond acceptors (Lipinski definition) is 6. The lowest BCUT2D eigenvalue weighted by Crippen LogP contribution is -2.48. The molecular formula is C23H24F3N3O3S. The van der Waals surface area contributed by atoms with Gasteiger partial charge in [0.05, 0.1) is 27.4 Å². The van der Waals surface area contributed by atoms with Crippen molar-refractivity contribution >= 4 is 33.1 Å². The van der Waals surface area contributed by atoms with E-state index in [2.05, 4.69) is 10.5 Å². The van der Waals surface area contributed by atoms with Crippen LogP contribution in [0.5, 0.6) is 5.75 Å². The number of amides is 1. The third kappa shape index (κ3) is 5.39. The number of aromatic nitrogens is 1. The predicted octanol–water partition coefficient (Wildman–Crippen LogP) is 5.26. The molecule has 0 aliphatic carbocycles. The monoisotopic (exact) mass is 479 g/mol. The first kappa shape index (κ1) is 23.3. The molecule has 1 fully saturated rings. The first-order valence-electron chi connectivity index (χ1n) is 10.6. The molecule has 1 aliphatic heterocycles. The van der Waals surface area contributed by atoms with Crippen molar-refractivity contribution in [2.24, 2.45) is 5.92 Å². The zero-order chi connectivity index (χ0) is 23.6. The molecule has 1 saturated heterocycles. The number of carbonyl (C=O) groups excluding carboxylic acids is 1. The Kier molecular flexibility index (Phi) is 6.49. The Morgan fingerprint density at radius 3 is 2.61 bits per heavy atom. The largest absolute Gasteiger partial charge is 0.391 e. The molecule has 33 heavy (non-hydrogen) atoms. The summed E-state index contributed by atoms with van der Waals surface area (Å²) < 4.78 is 39.5. The maximum absolute atomic E-state index is 12.8. The van der Waals surface area contributed by atoms with Gasteiger partial charge in [-0.25, -0.2) is 10.5 Å². The number of aliphatic hydroxyl groups is 1. The van der Waals surface area contributed by atoms with Crippen LogP contribution >= 0.6 is 11.3 Å². The van der Waals surface area contributed by atoms with Gasteiger partial charge in [-0.3, -0.25) is 4.79 Å².